The number of nitrogens with one attached hydrogen (secondary N) is 1. The van der Waals surface area contributed by atoms with E-state index in [0.717, 1.165) is 17.5 Å². The van der Waals surface area contributed by atoms with Crippen LogP contribution in [-0.4, -0.2) is 24.7 Å². The Kier molecular flexibility index (Phi) is 5.89. The van der Waals surface area contributed by atoms with E-state index in [1.807, 2.05) is 12.1 Å². The van der Waals surface area contributed by atoms with Crippen molar-refractivity contribution >= 4 is 34.7 Å². The Morgan fingerprint density at radius 1 is 1.27 bits per heavy atom. The number of nitrogen functional groups attached to an aromatic ring is 1. The summed E-state index contributed by atoms with van der Waals surface area (Å²) in [6.07, 6.45) is 2.61. The molecule has 0 bridgehead atoms. The molecule has 0 amide bonds. The lowest BCUT2D eigenvalue weighted by Gasteiger charge is -2.19. The number of hydrogen-bond donors (Lipinski definition) is 2. The van der Waals surface area contributed by atoms with Gasteiger partial charge in [-0.25, -0.2) is 4.98 Å². The molecule has 1 heterocycles. The third-order valence-corrected chi connectivity index (χ3v) is 3.96. The van der Waals surface area contributed by atoms with Crippen LogP contribution in [-0.2, 0) is 4.74 Å². The minimum absolute atomic E-state index is 0.149. The summed E-state index contributed by atoms with van der Waals surface area (Å²) in [4.78, 5) is 4.32. The maximum Gasteiger partial charge on any atom is 0.150 e. The van der Waals surface area contributed by atoms with E-state index in [1.54, 1.807) is 25.4 Å². The van der Waals surface area contributed by atoms with Gasteiger partial charge in [-0.15, -0.1) is 0 Å². The van der Waals surface area contributed by atoms with Gasteiger partial charge in [-0.3, -0.25) is 0 Å². The van der Waals surface area contributed by atoms with E-state index in [4.69, 9.17) is 33.7 Å². The monoisotopic (exact) mass is 339 g/mol. The van der Waals surface area contributed by atoms with Crippen LogP contribution in [0.5, 0.6) is 0 Å². The summed E-state index contributed by atoms with van der Waals surface area (Å²) in [5, 5.41) is 4.45. The van der Waals surface area contributed by atoms with Crippen LogP contribution in [0.1, 0.15) is 13.3 Å². The fourth-order valence-electron chi connectivity index (χ4n) is 2.19. The molecule has 0 saturated carbocycles. The topological polar surface area (TPSA) is 60.2 Å². The SMILES string of the molecule is CC[C@H](COC)Nc1nccc(-c2ccc(Cl)cc2Cl)c1N. The van der Waals surface area contributed by atoms with Crippen molar-refractivity contribution in [3.05, 3.63) is 40.5 Å². The van der Waals surface area contributed by atoms with Gasteiger partial charge < -0.3 is 15.8 Å². The molecule has 0 aliphatic heterocycles. The second-order valence-corrected chi connectivity index (χ2v) is 5.79. The quantitative estimate of drug-likeness (QED) is 0.814. The summed E-state index contributed by atoms with van der Waals surface area (Å²) in [5.74, 6) is 0.632. The first-order valence-electron chi connectivity index (χ1n) is 7.02. The Bertz CT molecular complexity index is 649. The number of halogens is 2. The van der Waals surface area contributed by atoms with Crippen molar-refractivity contribution in [2.45, 2.75) is 19.4 Å². The van der Waals surface area contributed by atoms with Crippen molar-refractivity contribution < 1.29 is 4.74 Å². The van der Waals surface area contributed by atoms with Crippen molar-refractivity contribution in [1.29, 1.82) is 0 Å². The zero-order valence-corrected chi connectivity index (χ0v) is 14.1. The summed E-state index contributed by atoms with van der Waals surface area (Å²) in [7, 11) is 1.67. The van der Waals surface area contributed by atoms with Gasteiger partial charge in [-0.05, 0) is 24.6 Å². The number of nitrogens with zero attached hydrogens (tertiary/aromatic N) is 1. The maximum atomic E-state index is 6.27. The normalized spacial score (nSPS) is 12.2. The molecule has 6 heteroatoms. The molecular formula is C16H19Cl2N3O. The molecule has 1 aromatic heterocycles. The number of methoxy groups -OCH3 is 1. The van der Waals surface area contributed by atoms with Crippen molar-refractivity contribution in [1.82, 2.24) is 4.98 Å². The molecule has 1 atom stereocenters. The van der Waals surface area contributed by atoms with E-state index >= 15 is 0 Å². The van der Waals surface area contributed by atoms with Gasteiger partial charge in [0.15, 0.2) is 0 Å². The van der Waals surface area contributed by atoms with Crippen molar-refractivity contribution in [3.8, 4) is 11.1 Å². The molecular weight excluding hydrogens is 321 g/mol. The summed E-state index contributed by atoms with van der Waals surface area (Å²) >= 11 is 12.2. The third-order valence-electron chi connectivity index (χ3n) is 3.41. The van der Waals surface area contributed by atoms with Crippen LogP contribution in [0.4, 0.5) is 11.5 Å². The molecule has 1 aromatic carbocycles. The smallest absolute Gasteiger partial charge is 0.150 e. The Hall–Kier alpha value is -1.49. The fourth-order valence-corrected chi connectivity index (χ4v) is 2.70. The van der Waals surface area contributed by atoms with Gasteiger partial charge in [-0.2, -0.15) is 0 Å². The van der Waals surface area contributed by atoms with Crippen LogP contribution in [0.15, 0.2) is 30.5 Å². The number of aromatic nitrogens is 1. The highest BCUT2D eigenvalue weighted by Gasteiger charge is 2.14. The largest absolute Gasteiger partial charge is 0.395 e. The number of anilines is 2. The van der Waals surface area contributed by atoms with Gasteiger partial charge in [0.25, 0.3) is 0 Å². The zero-order valence-electron chi connectivity index (χ0n) is 12.6. The summed E-state index contributed by atoms with van der Waals surface area (Å²) in [5.41, 5.74) is 8.47. The van der Waals surface area contributed by atoms with E-state index < -0.39 is 0 Å². The zero-order chi connectivity index (χ0) is 16.1. The number of rotatable bonds is 6. The van der Waals surface area contributed by atoms with Crippen LogP contribution < -0.4 is 11.1 Å². The second-order valence-electron chi connectivity index (χ2n) is 4.95. The van der Waals surface area contributed by atoms with Gasteiger partial charge in [0.05, 0.1) is 18.3 Å². The summed E-state index contributed by atoms with van der Waals surface area (Å²) in [6, 6.07) is 7.33. The molecule has 0 fully saturated rings. The highest BCUT2D eigenvalue weighted by molar-refractivity contribution is 6.36. The lowest BCUT2D eigenvalue weighted by Crippen LogP contribution is -2.25. The third kappa shape index (κ3) is 3.83. The Balaban J connectivity index is 2.37. The number of benzene rings is 1. The molecule has 0 radical (unpaired) electrons. The highest BCUT2D eigenvalue weighted by Crippen LogP contribution is 2.36. The Labute approximate surface area is 140 Å². The second kappa shape index (κ2) is 7.68. The average molecular weight is 340 g/mol. The molecule has 0 unspecified atom stereocenters. The molecule has 118 valence electrons. The number of hydrogen-bond acceptors (Lipinski definition) is 4. The Morgan fingerprint density at radius 2 is 2.05 bits per heavy atom. The van der Waals surface area contributed by atoms with E-state index in [2.05, 4.69) is 17.2 Å². The lowest BCUT2D eigenvalue weighted by atomic mass is 10.0. The number of pyridine rings is 1. The van der Waals surface area contributed by atoms with Crippen molar-refractivity contribution in [2.24, 2.45) is 0 Å². The summed E-state index contributed by atoms with van der Waals surface area (Å²) in [6.45, 7) is 2.66. The summed E-state index contributed by atoms with van der Waals surface area (Å²) < 4.78 is 5.19. The number of nitrogens with two attached hydrogens (primary N) is 1. The van der Waals surface area contributed by atoms with Crippen LogP contribution in [0.3, 0.4) is 0 Å². The molecule has 0 aliphatic rings. The van der Waals surface area contributed by atoms with Crippen molar-refractivity contribution in [2.75, 3.05) is 24.8 Å². The first-order valence-corrected chi connectivity index (χ1v) is 7.77. The van der Waals surface area contributed by atoms with Crippen LogP contribution >= 0.6 is 23.2 Å². The van der Waals surface area contributed by atoms with Gasteiger partial charge in [0.1, 0.15) is 5.82 Å². The average Bonchev–Trinajstić information content (AvgIpc) is 2.49. The standard InChI is InChI=1S/C16H19Cl2N3O/c1-3-11(9-22-2)21-16-15(19)13(6-7-20-16)12-5-4-10(17)8-14(12)18/h4-8,11H,3,9,19H2,1-2H3,(H,20,21)/t11-/m1/s1. The van der Waals surface area contributed by atoms with Crippen LogP contribution in [0.2, 0.25) is 10.0 Å². The molecule has 22 heavy (non-hydrogen) atoms. The van der Waals surface area contributed by atoms with Crippen LogP contribution in [0.25, 0.3) is 11.1 Å². The predicted octanol–water partition coefficient (Wildman–Crippen LogP) is 4.47. The molecule has 2 aromatic rings. The first-order chi connectivity index (χ1) is 10.6. The maximum absolute atomic E-state index is 6.27. The van der Waals surface area contributed by atoms with E-state index in [-0.39, 0.29) is 6.04 Å². The molecule has 3 N–H and O–H groups in total. The van der Waals surface area contributed by atoms with E-state index in [1.165, 1.54) is 0 Å². The minimum atomic E-state index is 0.149. The molecule has 0 saturated heterocycles. The first kappa shape index (κ1) is 16.9. The molecule has 0 aliphatic carbocycles. The van der Waals surface area contributed by atoms with E-state index in [9.17, 15) is 0 Å². The molecule has 4 nitrogen and oxygen atoms in total. The van der Waals surface area contributed by atoms with Crippen LogP contribution in [0, 0.1) is 0 Å². The van der Waals surface area contributed by atoms with Gasteiger partial charge in [-0.1, -0.05) is 36.2 Å². The van der Waals surface area contributed by atoms with E-state index in [0.29, 0.717) is 28.2 Å². The highest BCUT2D eigenvalue weighted by atomic mass is 35.5. The fraction of sp³-hybridized carbons (Fsp3) is 0.312. The molecule has 0 spiro atoms. The molecule has 2 rings (SSSR count). The van der Waals surface area contributed by atoms with Gasteiger partial charge in [0, 0.05) is 34.5 Å². The number of ether oxygens (including phenoxy) is 1. The van der Waals surface area contributed by atoms with Gasteiger partial charge in [0.2, 0.25) is 0 Å². The predicted molar refractivity (Wildman–Crippen MR) is 93.7 cm³/mol. The minimum Gasteiger partial charge on any atom is -0.395 e. The van der Waals surface area contributed by atoms with Gasteiger partial charge >= 0.3 is 0 Å². The Morgan fingerprint density at radius 3 is 2.68 bits per heavy atom. The lowest BCUT2D eigenvalue weighted by molar-refractivity contribution is 0.184. The van der Waals surface area contributed by atoms with Crippen molar-refractivity contribution in [3.63, 3.8) is 0 Å².